The molecular weight excluding hydrogens is 232 g/mol. The van der Waals surface area contributed by atoms with Crippen molar-refractivity contribution in [1.29, 1.82) is 0 Å². The molecule has 1 aromatic rings. The number of carboxylic acid groups (broad SMARTS) is 1. The highest BCUT2D eigenvalue weighted by Gasteiger charge is 2.09. The van der Waals surface area contributed by atoms with Crippen LogP contribution in [0.5, 0.6) is 0 Å². The molecule has 1 amide bonds. The van der Waals surface area contributed by atoms with Gasteiger partial charge in [0.25, 0.3) is 0 Å². The largest absolute Gasteiger partial charge is 0.478 e. The average Bonchev–Trinajstić information content (AvgIpc) is 2.31. The Hall–Kier alpha value is -1.88. The normalized spacial score (nSPS) is 10.1. The molecule has 1 rings (SSSR count). The summed E-state index contributed by atoms with van der Waals surface area (Å²) in [4.78, 5) is 22.5. The molecule has 0 saturated carbocycles. The number of rotatable bonds is 6. The van der Waals surface area contributed by atoms with E-state index >= 15 is 0 Å². The maximum atomic E-state index is 11.6. The number of aromatic carboxylic acids is 1. The molecule has 0 bridgehead atoms. The number of anilines is 1. The number of aryl methyl sites for hydroxylation is 1. The first kappa shape index (κ1) is 14.2. The number of carbonyl (C=O) groups excluding carboxylic acids is 1. The lowest BCUT2D eigenvalue weighted by Crippen LogP contribution is -2.15. The Morgan fingerprint density at radius 3 is 2.67 bits per heavy atom. The van der Waals surface area contributed by atoms with Crippen LogP contribution in [0.2, 0.25) is 0 Å². The second-order valence-electron chi connectivity index (χ2n) is 4.09. The molecular formula is C13H18N2O3. The molecule has 5 nitrogen and oxygen atoms in total. The summed E-state index contributed by atoms with van der Waals surface area (Å²) in [5, 5.41) is 14.6. The van der Waals surface area contributed by atoms with Gasteiger partial charge in [0.2, 0.25) is 5.91 Å². The number of carboxylic acids is 1. The number of hydrogen-bond acceptors (Lipinski definition) is 3. The molecule has 3 N–H and O–H groups in total. The second kappa shape index (κ2) is 6.76. The molecule has 0 aliphatic rings. The highest BCUT2D eigenvalue weighted by Crippen LogP contribution is 2.15. The summed E-state index contributed by atoms with van der Waals surface area (Å²) >= 11 is 0. The Bertz CT molecular complexity index is 444. The van der Waals surface area contributed by atoms with Gasteiger partial charge in [-0.3, -0.25) is 4.79 Å². The van der Waals surface area contributed by atoms with E-state index in [1.807, 2.05) is 7.05 Å². The fraction of sp³-hybridized carbons (Fsp3) is 0.385. The molecule has 0 aliphatic heterocycles. The van der Waals surface area contributed by atoms with Crippen LogP contribution in [0.25, 0.3) is 0 Å². The minimum absolute atomic E-state index is 0.106. The Kier molecular flexibility index (Phi) is 5.32. The first-order valence-electron chi connectivity index (χ1n) is 5.83. The summed E-state index contributed by atoms with van der Waals surface area (Å²) in [5.41, 5.74) is 1.41. The smallest absolute Gasteiger partial charge is 0.336 e. The molecule has 0 aliphatic carbocycles. The maximum Gasteiger partial charge on any atom is 0.336 e. The third kappa shape index (κ3) is 4.18. The van der Waals surface area contributed by atoms with Gasteiger partial charge < -0.3 is 15.7 Å². The van der Waals surface area contributed by atoms with E-state index in [4.69, 9.17) is 5.11 Å². The molecule has 1 aromatic carbocycles. The predicted octanol–water partition coefficient (Wildman–Crippen LogP) is 1.63. The van der Waals surface area contributed by atoms with Crippen molar-refractivity contribution in [3.63, 3.8) is 0 Å². The first-order chi connectivity index (χ1) is 8.54. The van der Waals surface area contributed by atoms with Crippen LogP contribution in [0.1, 0.15) is 28.8 Å². The Morgan fingerprint density at radius 1 is 1.33 bits per heavy atom. The molecule has 0 atom stereocenters. The molecule has 18 heavy (non-hydrogen) atoms. The van der Waals surface area contributed by atoms with E-state index in [-0.39, 0.29) is 11.5 Å². The Morgan fingerprint density at radius 2 is 2.06 bits per heavy atom. The molecule has 0 saturated heterocycles. The first-order valence-corrected chi connectivity index (χ1v) is 5.83. The van der Waals surface area contributed by atoms with Crippen molar-refractivity contribution < 1.29 is 14.7 Å². The van der Waals surface area contributed by atoms with Gasteiger partial charge in [0.1, 0.15) is 0 Å². The van der Waals surface area contributed by atoms with Crippen molar-refractivity contribution in [2.45, 2.75) is 19.8 Å². The van der Waals surface area contributed by atoms with Gasteiger partial charge in [-0.25, -0.2) is 4.79 Å². The van der Waals surface area contributed by atoms with Gasteiger partial charge in [-0.15, -0.1) is 0 Å². The number of amides is 1. The highest BCUT2D eigenvalue weighted by molar-refractivity contribution is 5.94. The van der Waals surface area contributed by atoms with E-state index in [1.54, 1.807) is 19.1 Å². The molecule has 0 fully saturated rings. The molecule has 0 aromatic heterocycles. The minimum Gasteiger partial charge on any atom is -0.478 e. The van der Waals surface area contributed by atoms with Gasteiger partial charge in [-0.2, -0.15) is 0 Å². The minimum atomic E-state index is -0.987. The predicted molar refractivity (Wildman–Crippen MR) is 69.9 cm³/mol. The van der Waals surface area contributed by atoms with Crippen LogP contribution < -0.4 is 10.6 Å². The van der Waals surface area contributed by atoms with Crippen LogP contribution in [0.4, 0.5) is 5.69 Å². The maximum absolute atomic E-state index is 11.6. The Balaban J connectivity index is 2.65. The quantitative estimate of drug-likeness (QED) is 0.670. The van der Waals surface area contributed by atoms with Gasteiger partial charge in [0.05, 0.1) is 5.56 Å². The van der Waals surface area contributed by atoms with Gasteiger partial charge >= 0.3 is 5.97 Å². The molecule has 0 heterocycles. The summed E-state index contributed by atoms with van der Waals surface area (Å²) < 4.78 is 0. The SMILES string of the molecule is CNCCCC(=O)Nc1ccc(C)c(C(=O)O)c1. The number of carbonyl (C=O) groups is 2. The number of nitrogens with one attached hydrogen (secondary N) is 2. The fourth-order valence-electron chi connectivity index (χ4n) is 1.58. The summed E-state index contributed by atoms with van der Waals surface area (Å²) in [6.07, 6.45) is 1.16. The zero-order chi connectivity index (χ0) is 13.5. The van der Waals surface area contributed by atoms with E-state index < -0.39 is 5.97 Å². The molecule has 0 unspecified atom stereocenters. The van der Waals surface area contributed by atoms with Gasteiger partial charge in [0, 0.05) is 12.1 Å². The van der Waals surface area contributed by atoms with Crippen molar-refractivity contribution in [3.05, 3.63) is 29.3 Å². The van der Waals surface area contributed by atoms with Crippen molar-refractivity contribution in [3.8, 4) is 0 Å². The second-order valence-corrected chi connectivity index (χ2v) is 4.09. The van der Waals surface area contributed by atoms with E-state index in [1.165, 1.54) is 6.07 Å². The van der Waals surface area contributed by atoms with Crippen LogP contribution in [-0.4, -0.2) is 30.6 Å². The number of hydrogen-bond donors (Lipinski definition) is 3. The zero-order valence-corrected chi connectivity index (χ0v) is 10.6. The number of benzene rings is 1. The van der Waals surface area contributed by atoms with Crippen LogP contribution in [-0.2, 0) is 4.79 Å². The van der Waals surface area contributed by atoms with Crippen molar-refractivity contribution in [2.24, 2.45) is 0 Å². The van der Waals surface area contributed by atoms with Crippen molar-refractivity contribution in [2.75, 3.05) is 18.9 Å². The van der Waals surface area contributed by atoms with Gasteiger partial charge in [-0.05, 0) is 44.6 Å². The molecule has 0 radical (unpaired) electrons. The molecule has 0 spiro atoms. The lowest BCUT2D eigenvalue weighted by atomic mass is 10.1. The lowest BCUT2D eigenvalue weighted by molar-refractivity contribution is -0.116. The Labute approximate surface area is 106 Å². The zero-order valence-electron chi connectivity index (χ0n) is 10.6. The van der Waals surface area contributed by atoms with Gasteiger partial charge in [-0.1, -0.05) is 6.07 Å². The fourth-order valence-corrected chi connectivity index (χ4v) is 1.58. The monoisotopic (exact) mass is 250 g/mol. The van der Waals surface area contributed by atoms with E-state index in [9.17, 15) is 9.59 Å². The van der Waals surface area contributed by atoms with E-state index in [2.05, 4.69) is 10.6 Å². The highest BCUT2D eigenvalue weighted by atomic mass is 16.4. The molecule has 98 valence electrons. The summed E-state index contributed by atoms with van der Waals surface area (Å²) in [5.74, 6) is -1.09. The van der Waals surface area contributed by atoms with Crippen molar-refractivity contribution >= 4 is 17.6 Å². The standard InChI is InChI=1S/C13H18N2O3/c1-9-5-6-10(8-11(9)13(17)18)15-12(16)4-3-7-14-2/h5-6,8,14H,3-4,7H2,1-2H3,(H,15,16)(H,17,18). The summed E-state index contributed by atoms with van der Waals surface area (Å²) in [6, 6.07) is 4.87. The van der Waals surface area contributed by atoms with Crippen LogP contribution in [0, 0.1) is 6.92 Å². The third-order valence-electron chi connectivity index (χ3n) is 2.58. The van der Waals surface area contributed by atoms with Crippen molar-refractivity contribution in [1.82, 2.24) is 5.32 Å². The summed E-state index contributed by atoms with van der Waals surface area (Å²) in [7, 11) is 1.83. The lowest BCUT2D eigenvalue weighted by Gasteiger charge is -2.07. The van der Waals surface area contributed by atoms with Crippen LogP contribution in [0.3, 0.4) is 0 Å². The van der Waals surface area contributed by atoms with E-state index in [0.717, 1.165) is 13.0 Å². The van der Waals surface area contributed by atoms with Crippen LogP contribution in [0.15, 0.2) is 18.2 Å². The third-order valence-corrected chi connectivity index (χ3v) is 2.58. The summed E-state index contributed by atoms with van der Waals surface area (Å²) in [6.45, 7) is 2.50. The van der Waals surface area contributed by atoms with Gasteiger partial charge in [0.15, 0.2) is 0 Å². The van der Waals surface area contributed by atoms with E-state index in [0.29, 0.717) is 17.7 Å². The average molecular weight is 250 g/mol. The molecule has 5 heteroatoms. The topological polar surface area (TPSA) is 78.4 Å². The van der Waals surface area contributed by atoms with Crippen LogP contribution >= 0.6 is 0 Å².